The standard InChI is InChI=1S/C19H23N5O/c25-18(16-1-3-17(4-2-16)24-12-21-22-23-24)20-11-19-8-13-5-14(9-19)7-15(6-13)10-19/h1-4,12-15H,5-11H2,(H,20,25). The quantitative estimate of drug-likeness (QED) is 0.931. The maximum Gasteiger partial charge on any atom is 0.251 e. The first-order valence-corrected chi connectivity index (χ1v) is 9.31. The highest BCUT2D eigenvalue weighted by atomic mass is 16.1. The monoisotopic (exact) mass is 337 g/mol. The number of carbonyl (C=O) groups excluding carboxylic acids is 1. The average Bonchev–Trinajstić information content (AvgIpc) is 3.13. The predicted octanol–water partition coefficient (Wildman–Crippen LogP) is 2.61. The van der Waals surface area contributed by atoms with E-state index in [1.54, 1.807) is 11.0 Å². The summed E-state index contributed by atoms with van der Waals surface area (Å²) in [5.74, 6) is 2.77. The third-order valence-electron chi connectivity index (χ3n) is 6.53. The van der Waals surface area contributed by atoms with Crippen LogP contribution in [0.1, 0.15) is 48.9 Å². The molecule has 4 fully saturated rings. The Hall–Kier alpha value is -2.24. The molecule has 4 aliphatic rings. The van der Waals surface area contributed by atoms with E-state index >= 15 is 0 Å². The molecule has 1 N–H and O–H groups in total. The van der Waals surface area contributed by atoms with Gasteiger partial charge in [-0.3, -0.25) is 4.79 Å². The molecule has 4 bridgehead atoms. The van der Waals surface area contributed by atoms with Gasteiger partial charge in [0.15, 0.2) is 0 Å². The number of aromatic nitrogens is 4. The van der Waals surface area contributed by atoms with Crippen LogP contribution in [0.4, 0.5) is 0 Å². The van der Waals surface area contributed by atoms with Crippen molar-refractivity contribution in [3.63, 3.8) is 0 Å². The van der Waals surface area contributed by atoms with Gasteiger partial charge in [0.25, 0.3) is 5.91 Å². The molecule has 6 heteroatoms. The molecule has 1 heterocycles. The van der Waals surface area contributed by atoms with E-state index in [1.165, 1.54) is 38.5 Å². The molecule has 0 saturated heterocycles. The molecule has 130 valence electrons. The molecule has 2 aromatic rings. The highest BCUT2D eigenvalue weighted by molar-refractivity contribution is 5.94. The van der Waals surface area contributed by atoms with Crippen molar-refractivity contribution >= 4 is 5.91 Å². The van der Waals surface area contributed by atoms with Crippen molar-refractivity contribution in [3.05, 3.63) is 36.2 Å². The third-order valence-corrected chi connectivity index (χ3v) is 6.53. The van der Waals surface area contributed by atoms with Crippen molar-refractivity contribution in [1.29, 1.82) is 0 Å². The van der Waals surface area contributed by atoms with Crippen LogP contribution in [-0.2, 0) is 0 Å². The van der Waals surface area contributed by atoms with Crippen molar-refractivity contribution in [2.75, 3.05) is 6.54 Å². The van der Waals surface area contributed by atoms with Crippen LogP contribution in [0.2, 0.25) is 0 Å². The summed E-state index contributed by atoms with van der Waals surface area (Å²) in [7, 11) is 0. The van der Waals surface area contributed by atoms with Gasteiger partial charge < -0.3 is 5.32 Å². The zero-order valence-corrected chi connectivity index (χ0v) is 14.3. The number of amides is 1. The molecule has 4 aliphatic carbocycles. The summed E-state index contributed by atoms with van der Waals surface area (Å²) in [6.45, 7) is 0.837. The summed E-state index contributed by atoms with van der Waals surface area (Å²) in [5.41, 5.74) is 1.92. The van der Waals surface area contributed by atoms with Crippen molar-refractivity contribution in [1.82, 2.24) is 25.5 Å². The zero-order chi connectivity index (χ0) is 16.9. The Morgan fingerprint density at radius 1 is 1.08 bits per heavy atom. The summed E-state index contributed by atoms with van der Waals surface area (Å²) in [6.07, 6.45) is 9.80. The normalized spacial score (nSPS) is 32.7. The van der Waals surface area contributed by atoms with Crippen LogP contribution in [0.25, 0.3) is 5.69 Å². The Labute approximate surface area is 147 Å². The Balaban J connectivity index is 1.25. The van der Waals surface area contributed by atoms with Crippen LogP contribution < -0.4 is 5.32 Å². The molecule has 0 spiro atoms. The van der Waals surface area contributed by atoms with E-state index in [-0.39, 0.29) is 5.91 Å². The predicted molar refractivity (Wildman–Crippen MR) is 92.1 cm³/mol. The Morgan fingerprint density at radius 3 is 2.28 bits per heavy atom. The maximum atomic E-state index is 12.6. The van der Waals surface area contributed by atoms with Gasteiger partial charge in [-0.25, -0.2) is 4.68 Å². The molecule has 25 heavy (non-hydrogen) atoms. The Kier molecular flexibility index (Phi) is 3.40. The van der Waals surface area contributed by atoms with Gasteiger partial charge in [0, 0.05) is 12.1 Å². The minimum Gasteiger partial charge on any atom is -0.351 e. The smallest absolute Gasteiger partial charge is 0.251 e. The van der Waals surface area contributed by atoms with Gasteiger partial charge in [0.05, 0.1) is 5.69 Å². The summed E-state index contributed by atoms with van der Waals surface area (Å²) in [4.78, 5) is 12.6. The molecule has 1 aromatic heterocycles. The second kappa shape index (κ2) is 5.64. The second-order valence-electron chi connectivity index (χ2n) is 8.40. The van der Waals surface area contributed by atoms with Gasteiger partial charge in [-0.15, -0.1) is 5.10 Å². The lowest BCUT2D eigenvalue weighted by atomic mass is 9.49. The van der Waals surface area contributed by atoms with E-state index in [4.69, 9.17) is 0 Å². The maximum absolute atomic E-state index is 12.6. The fourth-order valence-electron chi connectivity index (χ4n) is 5.92. The first kappa shape index (κ1) is 15.0. The van der Waals surface area contributed by atoms with Gasteiger partial charge in [-0.05, 0) is 96.4 Å². The van der Waals surface area contributed by atoms with Gasteiger partial charge in [-0.1, -0.05) is 0 Å². The number of nitrogens with one attached hydrogen (secondary N) is 1. The third kappa shape index (κ3) is 2.73. The topological polar surface area (TPSA) is 72.7 Å². The van der Waals surface area contributed by atoms with E-state index in [9.17, 15) is 4.79 Å². The van der Waals surface area contributed by atoms with E-state index in [2.05, 4.69) is 20.8 Å². The molecular weight excluding hydrogens is 314 g/mol. The Morgan fingerprint density at radius 2 is 1.72 bits per heavy atom. The van der Waals surface area contributed by atoms with Crippen molar-refractivity contribution in [2.24, 2.45) is 23.2 Å². The lowest BCUT2D eigenvalue weighted by Crippen LogP contribution is -2.51. The fourth-order valence-corrected chi connectivity index (χ4v) is 5.92. The molecule has 0 atom stereocenters. The lowest BCUT2D eigenvalue weighted by Gasteiger charge is -2.56. The largest absolute Gasteiger partial charge is 0.351 e. The van der Waals surface area contributed by atoms with E-state index in [1.807, 2.05) is 24.3 Å². The van der Waals surface area contributed by atoms with Gasteiger partial charge in [0.1, 0.15) is 6.33 Å². The summed E-state index contributed by atoms with van der Waals surface area (Å²) in [5, 5.41) is 14.3. The molecule has 0 radical (unpaired) electrons. The van der Waals surface area contributed by atoms with Gasteiger partial charge in [0.2, 0.25) is 0 Å². The fraction of sp³-hybridized carbons (Fsp3) is 0.579. The first-order valence-electron chi connectivity index (χ1n) is 9.31. The van der Waals surface area contributed by atoms with E-state index < -0.39 is 0 Å². The minimum absolute atomic E-state index is 0.0269. The van der Waals surface area contributed by atoms with Crippen molar-refractivity contribution in [3.8, 4) is 5.69 Å². The lowest BCUT2D eigenvalue weighted by molar-refractivity contribution is -0.0503. The van der Waals surface area contributed by atoms with Crippen LogP contribution in [0.15, 0.2) is 30.6 Å². The number of rotatable bonds is 4. The van der Waals surface area contributed by atoms with Crippen LogP contribution >= 0.6 is 0 Å². The number of carbonyl (C=O) groups is 1. The number of tetrazole rings is 1. The minimum atomic E-state index is 0.0269. The zero-order valence-electron chi connectivity index (χ0n) is 14.3. The van der Waals surface area contributed by atoms with Crippen LogP contribution in [0, 0.1) is 23.2 Å². The van der Waals surface area contributed by atoms with Crippen LogP contribution in [-0.4, -0.2) is 32.7 Å². The summed E-state index contributed by atoms with van der Waals surface area (Å²) < 4.78 is 1.58. The molecular formula is C19H23N5O. The number of hydrogen-bond acceptors (Lipinski definition) is 4. The van der Waals surface area contributed by atoms with Gasteiger partial charge in [-0.2, -0.15) is 0 Å². The number of hydrogen-bond donors (Lipinski definition) is 1. The SMILES string of the molecule is O=C(NCC12CC3CC(CC(C3)C1)C2)c1ccc(-n2cnnn2)cc1. The molecule has 1 aromatic carbocycles. The van der Waals surface area contributed by atoms with Crippen molar-refractivity contribution < 1.29 is 4.79 Å². The molecule has 0 unspecified atom stereocenters. The summed E-state index contributed by atoms with van der Waals surface area (Å²) in [6, 6.07) is 7.42. The molecule has 6 nitrogen and oxygen atoms in total. The van der Waals surface area contributed by atoms with E-state index in [0.29, 0.717) is 11.0 Å². The molecule has 6 rings (SSSR count). The number of nitrogens with zero attached hydrogens (tertiary/aromatic N) is 4. The molecule has 0 aliphatic heterocycles. The highest BCUT2D eigenvalue weighted by Crippen LogP contribution is 2.59. The molecule has 4 saturated carbocycles. The number of benzene rings is 1. The molecule has 1 amide bonds. The van der Waals surface area contributed by atoms with Crippen LogP contribution in [0.3, 0.4) is 0 Å². The van der Waals surface area contributed by atoms with E-state index in [0.717, 1.165) is 30.0 Å². The summed E-state index contributed by atoms with van der Waals surface area (Å²) >= 11 is 0. The Bertz CT molecular complexity index is 732. The second-order valence-corrected chi connectivity index (χ2v) is 8.40. The average molecular weight is 337 g/mol. The van der Waals surface area contributed by atoms with Crippen LogP contribution in [0.5, 0.6) is 0 Å². The van der Waals surface area contributed by atoms with Crippen molar-refractivity contribution in [2.45, 2.75) is 38.5 Å². The first-order chi connectivity index (χ1) is 12.2. The highest BCUT2D eigenvalue weighted by Gasteiger charge is 2.50. The van der Waals surface area contributed by atoms with Gasteiger partial charge >= 0.3 is 0 Å².